The molecule has 2 radical (unpaired) electrons. The molecule has 0 saturated heterocycles. The predicted octanol–water partition coefficient (Wildman–Crippen LogP) is 0.629. The van der Waals surface area contributed by atoms with Gasteiger partial charge in [0.1, 0.15) is 13.4 Å². The molecule has 1 N–H and O–H groups in total. The summed E-state index contributed by atoms with van der Waals surface area (Å²) >= 11 is 0. The number of nitrogens with zero attached hydrogens (tertiary/aromatic N) is 2. The largest absolute Gasteiger partial charge is 0.345 e. The lowest BCUT2D eigenvalue weighted by Gasteiger charge is -1.94. The lowest BCUT2D eigenvalue weighted by Crippen LogP contribution is -2.08. The van der Waals surface area contributed by atoms with Gasteiger partial charge in [0.05, 0.1) is 0 Å². The van der Waals surface area contributed by atoms with Crippen molar-refractivity contribution in [1.29, 1.82) is 0 Å². The number of fused-ring (bicyclic) bond motifs is 1. The Bertz CT molecular complexity index is 459. The fraction of sp³-hybridized carbons (Fsp3) is 0.333. The van der Waals surface area contributed by atoms with Crippen LogP contribution in [0.4, 0.5) is 0 Å². The SMILES string of the molecule is [B]c1cnc2[nH]cc(C3CC3)c2n1. The highest BCUT2D eigenvalue weighted by Gasteiger charge is 2.26. The van der Waals surface area contributed by atoms with Gasteiger partial charge in [0.15, 0.2) is 5.65 Å². The quantitative estimate of drug-likeness (QED) is 0.636. The number of rotatable bonds is 1. The molecule has 1 aliphatic carbocycles. The Balaban J connectivity index is 2.29. The Hall–Kier alpha value is -1.32. The molecule has 3 nitrogen and oxygen atoms in total. The first-order valence-corrected chi connectivity index (χ1v) is 4.44. The van der Waals surface area contributed by atoms with Gasteiger partial charge < -0.3 is 4.98 Å². The molecular weight excluding hydrogens is 161 g/mol. The molecule has 2 aromatic rings. The summed E-state index contributed by atoms with van der Waals surface area (Å²) in [6, 6.07) is 0. The fourth-order valence-corrected chi connectivity index (χ4v) is 1.63. The van der Waals surface area contributed by atoms with Crippen LogP contribution in [-0.4, -0.2) is 22.8 Å². The van der Waals surface area contributed by atoms with Crippen LogP contribution in [0, 0.1) is 0 Å². The summed E-state index contributed by atoms with van der Waals surface area (Å²) in [5.74, 6) is 0.685. The zero-order valence-corrected chi connectivity index (χ0v) is 7.12. The maximum atomic E-state index is 5.59. The number of nitrogens with one attached hydrogen (secondary N) is 1. The number of aromatic nitrogens is 3. The molecule has 62 valence electrons. The Morgan fingerprint density at radius 2 is 2.31 bits per heavy atom. The van der Waals surface area contributed by atoms with Gasteiger partial charge in [-0.2, -0.15) is 0 Å². The zero-order valence-electron chi connectivity index (χ0n) is 7.12. The van der Waals surface area contributed by atoms with E-state index in [9.17, 15) is 0 Å². The van der Waals surface area contributed by atoms with Crippen LogP contribution in [0.25, 0.3) is 11.2 Å². The zero-order chi connectivity index (χ0) is 8.84. The first-order chi connectivity index (χ1) is 6.34. The van der Waals surface area contributed by atoms with Crippen LogP contribution in [0.1, 0.15) is 24.3 Å². The van der Waals surface area contributed by atoms with Crippen LogP contribution < -0.4 is 5.59 Å². The number of hydrogen-bond donors (Lipinski definition) is 1. The van der Waals surface area contributed by atoms with E-state index in [0.717, 1.165) is 11.2 Å². The first kappa shape index (κ1) is 7.12. The minimum atomic E-state index is 0.494. The van der Waals surface area contributed by atoms with E-state index < -0.39 is 0 Å². The Kier molecular flexibility index (Phi) is 1.28. The number of hydrogen-bond acceptors (Lipinski definition) is 2. The lowest BCUT2D eigenvalue weighted by atomic mass is 10.1. The van der Waals surface area contributed by atoms with E-state index >= 15 is 0 Å². The smallest absolute Gasteiger partial charge is 0.156 e. The van der Waals surface area contributed by atoms with Crippen molar-refractivity contribution in [2.75, 3.05) is 0 Å². The minimum absolute atomic E-state index is 0.494. The molecule has 4 heteroatoms. The molecule has 0 bridgehead atoms. The standard InChI is InChI=1S/C9H8BN3/c10-7-4-12-9-8(13-7)6(3-11-9)5-1-2-5/h3-5H,1-2H2,(H,11,12). The van der Waals surface area contributed by atoms with Gasteiger partial charge in [-0.05, 0) is 18.8 Å². The van der Waals surface area contributed by atoms with Crippen LogP contribution in [0.2, 0.25) is 0 Å². The molecule has 0 atom stereocenters. The highest BCUT2D eigenvalue weighted by atomic mass is 14.9. The molecule has 0 spiro atoms. The van der Waals surface area contributed by atoms with E-state index in [1.165, 1.54) is 18.4 Å². The molecule has 2 aromatic heterocycles. The molecule has 1 saturated carbocycles. The third kappa shape index (κ3) is 1.05. The molecule has 3 rings (SSSR count). The Morgan fingerprint density at radius 1 is 1.46 bits per heavy atom. The summed E-state index contributed by atoms with van der Waals surface area (Å²) in [6.45, 7) is 0. The highest BCUT2D eigenvalue weighted by molar-refractivity contribution is 6.30. The maximum Gasteiger partial charge on any atom is 0.156 e. The van der Waals surface area contributed by atoms with Gasteiger partial charge >= 0.3 is 0 Å². The van der Waals surface area contributed by atoms with Gasteiger partial charge in [-0.3, -0.25) is 4.98 Å². The second kappa shape index (κ2) is 2.34. The topological polar surface area (TPSA) is 41.6 Å². The van der Waals surface area contributed by atoms with Crippen LogP contribution >= 0.6 is 0 Å². The van der Waals surface area contributed by atoms with E-state index in [1.54, 1.807) is 6.20 Å². The van der Waals surface area contributed by atoms with Crippen LogP contribution in [0.5, 0.6) is 0 Å². The third-order valence-corrected chi connectivity index (χ3v) is 2.45. The molecule has 0 aromatic carbocycles. The van der Waals surface area contributed by atoms with Crippen molar-refractivity contribution >= 4 is 24.6 Å². The second-order valence-electron chi connectivity index (χ2n) is 3.51. The van der Waals surface area contributed by atoms with Crippen molar-refractivity contribution in [3.8, 4) is 0 Å². The molecule has 1 aliphatic rings. The van der Waals surface area contributed by atoms with Crippen molar-refractivity contribution in [3.63, 3.8) is 0 Å². The molecule has 0 aliphatic heterocycles. The van der Waals surface area contributed by atoms with E-state index in [0.29, 0.717) is 11.5 Å². The van der Waals surface area contributed by atoms with Crippen molar-refractivity contribution in [2.45, 2.75) is 18.8 Å². The van der Waals surface area contributed by atoms with Crippen molar-refractivity contribution in [2.24, 2.45) is 0 Å². The molecule has 0 unspecified atom stereocenters. The van der Waals surface area contributed by atoms with Gasteiger partial charge in [-0.15, -0.1) is 0 Å². The molecule has 1 fully saturated rings. The van der Waals surface area contributed by atoms with E-state index in [-0.39, 0.29) is 0 Å². The van der Waals surface area contributed by atoms with E-state index in [4.69, 9.17) is 7.85 Å². The van der Waals surface area contributed by atoms with Gasteiger partial charge in [0.2, 0.25) is 0 Å². The summed E-state index contributed by atoms with van der Waals surface area (Å²) in [6.07, 6.45) is 6.12. The maximum absolute atomic E-state index is 5.59. The van der Waals surface area contributed by atoms with Crippen molar-refractivity contribution < 1.29 is 0 Å². The van der Waals surface area contributed by atoms with Gasteiger partial charge in [0, 0.05) is 23.6 Å². The van der Waals surface area contributed by atoms with Crippen molar-refractivity contribution in [3.05, 3.63) is 18.0 Å². The van der Waals surface area contributed by atoms with Crippen LogP contribution in [0.15, 0.2) is 12.4 Å². The minimum Gasteiger partial charge on any atom is -0.345 e. The van der Waals surface area contributed by atoms with E-state index in [2.05, 4.69) is 15.0 Å². The van der Waals surface area contributed by atoms with Crippen molar-refractivity contribution in [1.82, 2.24) is 15.0 Å². The molecule has 2 heterocycles. The van der Waals surface area contributed by atoms with E-state index in [1.807, 2.05) is 6.20 Å². The summed E-state index contributed by atoms with van der Waals surface area (Å²) in [4.78, 5) is 11.6. The first-order valence-electron chi connectivity index (χ1n) is 4.44. The number of H-pyrrole nitrogens is 1. The highest BCUT2D eigenvalue weighted by Crippen LogP contribution is 2.42. The molecule has 13 heavy (non-hydrogen) atoms. The normalized spacial score (nSPS) is 16.6. The van der Waals surface area contributed by atoms with Crippen LogP contribution in [-0.2, 0) is 0 Å². The summed E-state index contributed by atoms with van der Waals surface area (Å²) in [5.41, 5.74) is 3.56. The Morgan fingerprint density at radius 3 is 3.08 bits per heavy atom. The second-order valence-corrected chi connectivity index (χ2v) is 3.51. The third-order valence-electron chi connectivity index (χ3n) is 2.45. The van der Waals surface area contributed by atoms with Crippen LogP contribution in [0.3, 0.4) is 0 Å². The Labute approximate surface area is 77.0 Å². The average Bonchev–Trinajstić information content (AvgIpc) is 2.87. The molecule has 0 amide bonds. The van der Waals surface area contributed by atoms with Gasteiger partial charge in [0.25, 0.3) is 0 Å². The predicted molar refractivity (Wildman–Crippen MR) is 51.3 cm³/mol. The summed E-state index contributed by atoms with van der Waals surface area (Å²) < 4.78 is 0. The monoisotopic (exact) mass is 169 g/mol. The molecular formula is C9H8BN3. The summed E-state index contributed by atoms with van der Waals surface area (Å²) in [5, 5.41) is 0. The number of aromatic amines is 1. The lowest BCUT2D eigenvalue weighted by molar-refractivity contribution is 1.14. The van der Waals surface area contributed by atoms with Gasteiger partial charge in [-0.1, -0.05) is 0 Å². The fourth-order valence-electron chi connectivity index (χ4n) is 1.63. The summed E-state index contributed by atoms with van der Waals surface area (Å²) in [7, 11) is 5.59. The van der Waals surface area contributed by atoms with Gasteiger partial charge in [-0.25, -0.2) is 4.98 Å². The average molecular weight is 169 g/mol.